The molecule has 1 aromatic carbocycles. The smallest absolute Gasteiger partial charge is 0.271 e. The van der Waals surface area contributed by atoms with Gasteiger partial charge in [0.05, 0.1) is 6.54 Å². The van der Waals surface area contributed by atoms with Crippen LogP contribution in [0.1, 0.15) is 35.3 Å². The molecule has 2 N–H and O–H groups in total. The molecule has 1 aliphatic heterocycles. The van der Waals surface area contributed by atoms with Gasteiger partial charge in [0.1, 0.15) is 17.3 Å². The number of hydrogen-bond donors (Lipinski definition) is 2. The van der Waals surface area contributed by atoms with Gasteiger partial charge in [0.2, 0.25) is 0 Å². The van der Waals surface area contributed by atoms with Crippen LogP contribution < -0.4 is 21.3 Å². The van der Waals surface area contributed by atoms with Gasteiger partial charge in [-0.1, -0.05) is 12.1 Å². The summed E-state index contributed by atoms with van der Waals surface area (Å²) in [5.74, 6) is -0.117. The molecule has 0 spiro atoms. The van der Waals surface area contributed by atoms with E-state index in [9.17, 15) is 18.8 Å². The number of piperidine rings is 1. The molecule has 0 saturated carbocycles. The summed E-state index contributed by atoms with van der Waals surface area (Å²) in [6.07, 6.45) is 2.83. The minimum Gasteiger partial charge on any atom is -0.350 e. The summed E-state index contributed by atoms with van der Waals surface area (Å²) in [5, 5.41) is 13.4. The molecule has 9 nitrogen and oxygen atoms in total. The van der Waals surface area contributed by atoms with Crippen molar-refractivity contribution in [2.75, 3.05) is 18.0 Å². The predicted octanol–water partition coefficient (Wildman–Crippen LogP) is 1.30. The molecule has 32 heavy (non-hydrogen) atoms. The number of rotatable bonds is 6. The van der Waals surface area contributed by atoms with E-state index in [0.717, 1.165) is 25.8 Å². The fraction of sp³-hybridized carbons (Fsp3) is 0.318. The normalized spacial score (nSPS) is 16.0. The van der Waals surface area contributed by atoms with Crippen molar-refractivity contribution in [3.05, 3.63) is 86.3 Å². The summed E-state index contributed by atoms with van der Waals surface area (Å²) < 4.78 is 14.8. The molecule has 1 amide bonds. The van der Waals surface area contributed by atoms with E-state index in [0.29, 0.717) is 17.9 Å². The highest BCUT2D eigenvalue weighted by atomic mass is 19.1. The molecule has 1 unspecified atom stereocenters. The molecule has 1 atom stereocenters. The zero-order valence-corrected chi connectivity index (χ0v) is 17.3. The van der Waals surface area contributed by atoms with Crippen molar-refractivity contribution < 1.29 is 9.18 Å². The van der Waals surface area contributed by atoms with Crippen molar-refractivity contribution in [3.8, 4) is 0 Å². The van der Waals surface area contributed by atoms with E-state index >= 15 is 0 Å². The van der Waals surface area contributed by atoms with Crippen LogP contribution >= 0.6 is 0 Å². The van der Waals surface area contributed by atoms with Crippen molar-refractivity contribution in [1.82, 2.24) is 25.3 Å². The summed E-state index contributed by atoms with van der Waals surface area (Å²) in [4.78, 5) is 37.9. The standard InChI is InChI=1S/C22H23FN6O3/c23-16-5-3-4-15(12-16)14-29-21(31)10-8-19(27-29)28-11-2-1-6-17(28)13-24-22(32)18-7-9-20(30)26-25-18/h3-5,7-10,12,17H,1-2,6,11,13-14H2,(H,24,32)(H,26,30). The van der Waals surface area contributed by atoms with E-state index in [4.69, 9.17) is 0 Å². The third kappa shape index (κ3) is 5.08. The zero-order chi connectivity index (χ0) is 22.5. The average Bonchev–Trinajstić information content (AvgIpc) is 2.80. The fourth-order valence-electron chi connectivity index (χ4n) is 3.80. The Kier molecular flexibility index (Phi) is 6.39. The Balaban J connectivity index is 1.49. The lowest BCUT2D eigenvalue weighted by molar-refractivity contribution is 0.0943. The van der Waals surface area contributed by atoms with Crippen molar-refractivity contribution in [2.24, 2.45) is 0 Å². The molecule has 2 aromatic heterocycles. The van der Waals surface area contributed by atoms with E-state index in [1.165, 1.54) is 35.0 Å². The second kappa shape index (κ2) is 9.54. The van der Waals surface area contributed by atoms with Crippen LogP contribution in [-0.2, 0) is 6.54 Å². The number of carbonyl (C=O) groups is 1. The van der Waals surface area contributed by atoms with Crippen LogP contribution in [0.15, 0.2) is 58.1 Å². The minimum atomic E-state index is -0.379. The van der Waals surface area contributed by atoms with Gasteiger partial charge in [-0.05, 0) is 49.1 Å². The minimum absolute atomic E-state index is 0.0110. The average molecular weight is 438 g/mol. The van der Waals surface area contributed by atoms with Crippen molar-refractivity contribution in [3.63, 3.8) is 0 Å². The SMILES string of the molecule is O=C(NCC1CCCCN1c1ccc(=O)n(Cc2cccc(F)c2)n1)c1ccc(=O)[nH]n1. The first-order chi connectivity index (χ1) is 15.5. The molecule has 3 heterocycles. The number of hydrogen-bond acceptors (Lipinski definition) is 6. The van der Waals surface area contributed by atoms with E-state index < -0.39 is 0 Å². The number of H-pyrrole nitrogens is 1. The third-order valence-electron chi connectivity index (χ3n) is 5.41. The fourth-order valence-corrected chi connectivity index (χ4v) is 3.80. The molecule has 1 saturated heterocycles. The number of amides is 1. The Morgan fingerprint density at radius 1 is 1.16 bits per heavy atom. The van der Waals surface area contributed by atoms with Gasteiger partial charge in [0.25, 0.3) is 17.0 Å². The summed E-state index contributed by atoms with van der Waals surface area (Å²) in [7, 11) is 0. The Labute approximate surface area is 182 Å². The molecule has 166 valence electrons. The number of halogens is 1. The molecule has 0 radical (unpaired) electrons. The second-order valence-electron chi connectivity index (χ2n) is 7.68. The van der Waals surface area contributed by atoms with E-state index in [1.54, 1.807) is 18.2 Å². The van der Waals surface area contributed by atoms with Crippen LogP contribution in [0.25, 0.3) is 0 Å². The molecule has 1 aliphatic rings. The molecule has 3 aromatic rings. The highest BCUT2D eigenvalue weighted by molar-refractivity contribution is 5.92. The molecular formula is C22H23FN6O3. The summed E-state index contributed by atoms with van der Waals surface area (Å²) in [6.45, 7) is 1.27. The first-order valence-corrected chi connectivity index (χ1v) is 10.4. The number of aromatic nitrogens is 4. The highest BCUT2D eigenvalue weighted by Crippen LogP contribution is 2.22. The van der Waals surface area contributed by atoms with Crippen molar-refractivity contribution in [1.29, 1.82) is 0 Å². The zero-order valence-electron chi connectivity index (χ0n) is 17.3. The van der Waals surface area contributed by atoms with Gasteiger partial charge < -0.3 is 10.2 Å². The Hall–Kier alpha value is -3.82. The molecule has 1 fully saturated rings. The van der Waals surface area contributed by atoms with Gasteiger partial charge in [-0.3, -0.25) is 14.4 Å². The molecule has 10 heteroatoms. The molecule has 0 bridgehead atoms. The first kappa shape index (κ1) is 21.4. The number of aromatic amines is 1. The third-order valence-corrected chi connectivity index (χ3v) is 5.41. The number of nitrogens with zero attached hydrogens (tertiary/aromatic N) is 4. The predicted molar refractivity (Wildman–Crippen MR) is 116 cm³/mol. The van der Waals surface area contributed by atoms with E-state index in [1.807, 2.05) is 0 Å². The lowest BCUT2D eigenvalue weighted by Crippen LogP contribution is -2.47. The lowest BCUT2D eigenvalue weighted by atomic mass is 10.0. The van der Waals surface area contributed by atoms with Crippen LogP contribution in [0.2, 0.25) is 0 Å². The summed E-state index contributed by atoms with van der Waals surface area (Å²) >= 11 is 0. The maximum absolute atomic E-state index is 13.5. The van der Waals surface area contributed by atoms with Crippen molar-refractivity contribution in [2.45, 2.75) is 31.8 Å². The van der Waals surface area contributed by atoms with E-state index in [2.05, 4.69) is 25.5 Å². The van der Waals surface area contributed by atoms with Gasteiger partial charge in [-0.25, -0.2) is 14.2 Å². The molecule has 4 rings (SSSR count). The summed E-state index contributed by atoms with van der Waals surface area (Å²) in [6, 6.07) is 11.8. The van der Waals surface area contributed by atoms with Gasteiger partial charge in [-0.15, -0.1) is 0 Å². The number of anilines is 1. The van der Waals surface area contributed by atoms with Crippen LogP contribution in [0.4, 0.5) is 10.2 Å². The topological polar surface area (TPSA) is 113 Å². The number of nitrogens with one attached hydrogen (secondary N) is 2. The van der Waals surface area contributed by atoms with Crippen LogP contribution in [0.5, 0.6) is 0 Å². The highest BCUT2D eigenvalue weighted by Gasteiger charge is 2.25. The summed E-state index contributed by atoms with van der Waals surface area (Å²) in [5.41, 5.74) is 0.129. The largest absolute Gasteiger partial charge is 0.350 e. The maximum Gasteiger partial charge on any atom is 0.271 e. The number of benzene rings is 1. The maximum atomic E-state index is 13.5. The Morgan fingerprint density at radius 2 is 2.03 bits per heavy atom. The van der Waals surface area contributed by atoms with Gasteiger partial charge >= 0.3 is 0 Å². The molecule has 0 aliphatic carbocycles. The van der Waals surface area contributed by atoms with Crippen molar-refractivity contribution >= 4 is 11.7 Å². The Bertz CT molecular complexity index is 1200. The second-order valence-corrected chi connectivity index (χ2v) is 7.68. The van der Waals surface area contributed by atoms with Gasteiger partial charge in [0, 0.05) is 31.3 Å². The quantitative estimate of drug-likeness (QED) is 0.600. The first-order valence-electron chi connectivity index (χ1n) is 10.4. The van der Waals surface area contributed by atoms with Crippen LogP contribution in [-0.4, -0.2) is 45.0 Å². The van der Waals surface area contributed by atoms with Crippen LogP contribution in [0, 0.1) is 5.82 Å². The number of carbonyl (C=O) groups excluding carboxylic acids is 1. The van der Waals surface area contributed by atoms with Crippen LogP contribution in [0.3, 0.4) is 0 Å². The Morgan fingerprint density at radius 3 is 2.81 bits per heavy atom. The van der Waals surface area contributed by atoms with Gasteiger partial charge in [-0.2, -0.15) is 10.2 Å². The van der Waals surface area contributed by atoms with Gasteiger partial charge in [0.15, 0.2) is 0 Å². The van der Waals surface area contributed by atoms with E-state index in [-0.39, 0.29) is 41.1 Å². The molecular weight excluding hydrogens is 415 g/mol. The monoisotopic (exact) mass is 438 g/mol. The lowest BCUT2D eigenvalue weighted by Gasteiger charge is -2.36.